The maximum Gasteiger partial charge on any atom is 0.161 e. The van der Waals surface area contributed by atoms with Crippen LogP contribution in [0.2, 0.25) is 0 Å². The molecule has 1 aliphatic heterocycles. The highest BCUT2D eigenvalue weighted by Gasteiger charge is 2.14. The molecule has 0 fully saturated rings. The Labute approximate surface area is 101 Å². The fraction of sp³-hybridized carbons (Fsp3) is 0.417. The summed E-state index contributed by atoms with van der Waals surface area (Å²) < 4.78 is 0. The summed E-state index contributed by atoms with van der Waals surface area (Å²) in [5, 5.41) is 4.96. The predicted octanol–water partition coefficient (Wildman–Crippen LogP) is 2.66. The van der Waals surface area contributed by atoms with Crippen molar-refractivity contribution in [2.24, 2.45) is 4.99 Å². The lowest BCUT2D eigenvalue weighted by molar-refractivity contribution is 0.976. The number of thioether (sulfide) groups is 1. The average molecular weight is 235 g/mol. The van der Waals surface area contributed by atoms with Gasteiger partial charge in [0.05, 0.1) is 6.54 Å². The Balaban J connectivity index is 2.00. The number of benzene rings is 1. The van der Waals surface area contributed by atoms with Gasteiger partial charge in [-0.05, 0) is 24.3 Å². The zero-order chi connectivity index (χ0) is 11.5. The van der Waals surface area contributed by atoms with Crippen LogP contribution in [-0.4, -0.2) is 31.1 Å². The lowest BCUT2D eigenvalue weighted by Gasteiger charge is -2.13. The Hall–Kier alpha value is -1.16. The Morgan fingerprint density at radius 2 is 2.00 bits per heavy atom. The van der Waals surface area contributed by atoms with E-state index < -0.39 is 0 Å². The molecule has 0 amide bonds. The van der Waals surface area contributed by atoms with E-state index in [1.165, 1.54) is 5.69 Å². The highest BCUT2D eigenvalue weighted by molar-refractivity contribution is 8.15. The Bertz CT molecular complexity index is 384. The van der Waals surface area contributed by atoms with E-state index >= 15 is 0 Å². The summed E-state index contributed by atoms with van der Waals surface area (Å²) in [6.07, 6.45) is 0. The van der Waals surface area contributed by atoms with Gasteiger partial charge in [0.25, 0.3) is 0 Å². The normalized spacial score (nSPS) is 19.4. The second-order valence-corrected chi connectivity index (χ2v) is 5.57. The topological polar surface area (TPSA) is 27.6 Å². The number of nitrogens with zero attached hydrogens (tertiary/aromatic N) is 2. The van der Waals surface area contributed by atoms with Crippen LogP contribution in [0, 0.1) is 0 Å². The lowest BCUT2D eigenvalue weighted by Crippen LogP contribution is -2.09. The van der Waals surface area contributed by atoms with Crippen LogP contribution in [0.4, 0.5) is 11.4 Å². The van der Waals surface area contributed by atoms with Crippen molar-refractivity contribution in [3.8, 4) is 0 Å². The van der Waals surface area contributed by atoms with E-state index in [4.69, 9.17) is 0 Å². The minimum absolute atomic E-state index is 0.601. The molecule has 1 N–H and O–H groups in total. The number of aliphatic imine (C=N–C) groups is 1. The first kappa shape index (κ1) is 11.3. The molecule has 1 aromatic carbocycles. The maximum atomic E-state index is 4.43. The van der Waals surface area contributed by atoms with Gasteiger partial charge in [-0.3, -0.25) is 4.99 Å². The second kappa shape index (κ2) is 4.78. The third-order valence-corrected chi connectivity index (χ3v) is 3.45. The molecule has 0 unspecified atom stereocenters. The number of nitrogens with one attached hydrogen (secondary N) is 1. The first-order chi connectivity index (χ1) is 7.65. The smallest absolute Gasteiger partial charge is 0.161 e. The average Bonchev–Trinajstić information content (AvgIpc) is 2.65. The van der Waals surface area contributed by atoms with Gasteiger partial charge in [-0.25, -0.2) is 0 Å². The third kappa shape index (κ3) is 2.70. The van der Waals surface area contributed by atoms with Gasteiger partial charge in [0.2, 0.25) is 0 Å². The van der Waals surface area contributed by atoms with Gasteiger partial charge in [0, 0.05) is 30.7 Å². The van der Waals surface area contributed by atoms with Crippen molar-refractivity contribution >= 4 is 28.3 Å². The van der Waals surface area contributed by atoms with E-state index in [2.05, 4.69) is 46.4 Å². The third-order valence-electron chi connectivity index (χ3n) is 2.44. The van der Waals surface area contributed by atoms with Crippen LogP contribution in [0.3, 0.4) is 0 Å². The maximum absolute atomic E-state index is 4.43. The molecule has 0 aromatic heterocycles. The summed E-state index contributed by atoms with van der Waals surface area (Å²) >= 11 is 1.80. The van der Waals surface area contributed by atoms with Gasteiger partial charge >= 0.3 is 0 Å². The zero-order valence-corrected chi connectivity index (χ0v) is 10.7. The fourth-order valence-corrected chi connectivity index (χ4v) is 2.37. The minimum Gasteiger partial charge on any atom is -0.378 e. The zero-order valence-electron chi connectivity index (χ0n) is 9.90. The molecule has 0 radical (unpaired) electrons. The Morgan fingerprint density at radius 1 is 1.31 bits per heavy atom. The monoisotopic (exact) mass is 235 g/mol. The molecule has 16 heavy (non-hydrogen) atoms. The van der Waals surface area contributed by atoms with Gasteiger partial charge in [0.1, 0.15) is 0 Å². The molecule has 0 spiro atoms. The van der Waals surface area contributed by atoms with E-state index in [1.54, 1.807) is 11.8 Å². The van der Waals surface area contributed by atoms with E-state index in [0.717, 1.165) is 17.4 Å². The standard InChI is InChI=1S/C12H17N3S/c1-9-8-13-12(16-9)14-10-4-6-11(7-5-10)15(2)3/h4-7,9H,8H2,1-3H3,(H,13,14)/t9-/m0/s1. The molecule has 0 saturated heterocycles. The van der Waals surface area contributed by atoms with Gasteiger partial charge in [-0.1, -0.05) is 18.7 Å². The first-order valence-electron chi connectivity index (χ1n) is 5.40. The number of amidine groups is 1. The SMILES string of the molecule is C[C@H]1CN=C(Nc2ccc(N(C)C)cc2)S1. The number of rotatable bonds is 2. The number of hydrogen-bond acceptors (Lipinski definition) is 4. The molecule has 86 valence electrons. The van der Waals surface area contributed by atoms with Gasteiger partial charge in [-0.15, -0.1) is 0 Å². The van der Waals surface area contributed by atoms with E-state index in [1.807, 2.05) is 14.1 Å². The largest absolute Gasteiger partial charge is 0.378 e. The van der Waals surface area contributed by atoms with Crippen LogP contribution in [0.5, 0.6) is 0 Å². The molecule has 0 bridgehead atoms. The van der Waals surface area contributed by atoms with Crippen molar-refractivity contribution in [1.29, 1.82) is 0 Å². The van der Waals surface area contributed by atoms with Crippen LogP contribution in [0.1, 0.15) is 6.92 Å². The van der Waals surface area contributed by atoms with Crippen molar-refractivity contribution < 1.29 is 0 Å². The van der Waals surface area contributed by atoms with Gasteiger partial charge in [-0.2, -0.15) is 0 Å². The first-order valence-corrected chi connectivity index (χ1v) is 6.28. The van der Waals surface area contributed by atoms with Crippen molar-refractivity contribution in [2.75, 3.05) is 30.9 Å². The summed E-state index contributed by atoms with van der Waals surface area (Å²) in [6.45, 7) is 3.11. The highest BCUT2D eigenvalue weighted by atomic mass is 32.2. The predicted molar refractivity (Wildman–Crippen MR) is 73.7 cm³/mol. The molecule has 1 aliphatic rings. The minimum atomic E-state index is 0.601. The Kier molecular flexibility index (Phi) is 3.39. The second-order valence-electron chi connectivity index (χ2n) is 4.14. The highest BCUT2D eigenvalue weighted by Crippen LogP contribution is 2.23. The van der Waals surface area contributed by atoms with E-state index in [-0.39, 0.29) is 0 Å². The summed E-state index contributed by atoms with van der Waals surface area (Å²) in [4.78, 5) is 6.52. The molecule has 4 heteroatoms. The van der Waals surface area contributed by atoms with Crippen LogP contribution in [0.25, 0.3) is 0 Å². The molecule has 0 aliphatic carbocycles. The van der Waals surface area contributed by atoms with Gasteiger partial charge < -0.3 is 10.2 Å². The molecule has 1 heterocycles. The summed E-state index contributed by atoms with van der Waals surface area (Å²) in [6, 6.07) is 8.38. The number of hydrogen-bond donors (Lipinski definition) is 1. The molecular weight excluding hydrogens is 218 g/mol. The van der Waals surface area contributed by atoms with E-state index in [9.17, 15) is 0 Å². The molecule has 3 nitrogen and oxygen atoms in total. The molecule has 1 atom stereocenters. The fourth-order valence-electron chi connectivity index (χ4n) is 1.51. The van der Waals surface area contributed by atoms with E-state index in [0.29, 0.717) is 5.25 Å². The lowest BCUT2D eigenvalue weighted by atomic mass is 10.3. The summed E-state index contributed by atoms with van der Waals surface area (Å²) in [5.41, 5.74) is 2.31. The van der Waals surface area contributed by atoms with Crippen molar-refractivity contribution in [3.63, 3.8) is 0 Å². The molecule has 1 aromatic rings. The van der Waals surface area contributed by atoms with Crippen LogP contribution in [-0.2, 0) is 0 Å². The van der Waals surface area contributed by atoms with Crippen LogP contribution in [0.15, 0.2) is 29.3 Å². The van der Waals surface area contributed by atoms with Crippen molar-refractivity contribution in [2.45, 2.75) is 12.2 Å². The number of anilines is 2. The van der Waals surface area contributed by atoms with Crippen molar-refractivity contribution in [3.05, 3.63) is 24.3 Å². The molecular formula is C12H17N3S. The quantitative estimate of drug-likeness (QED) is 0.854. The van der Waals surface area contributed by atoms with Crippen LogP contribution < -0.4 is 10.2 Å². The summed E-state index contributed by atoms with van der Waals surface area (Å²) in [5.74, 6) is 0. The summed E-state index contributed by atoms with van der Waals surface area (Å²) in [7, 11) is 4.09. The molecule has 2 rings (SSSR count). The van der Waals surface area contributed by atoms with Gasteiger partial charge in [0.15, 0.2) is 5.17 Å². The molecule has 0 saturated carbocycles. The van der Waals surface area contributed by atoms with Crippen molar-refractivity contribution in [1.82, 2.24) is 0 Å². The van der Waals surface area contributed by atoms with Crippen LogP contribution >= 0.6 is 11.8 Å². The Morgan fingerprint density at radius 3 is 2.50 bits per heavy atom.